The summed E-state index contributed by atoms with van der Waals surface area (Å²) >= 11 is 1.70. The molecule has 1 aromatic heterocycles. The highest BCUT2D eigenvalue weighted by atomic mass is 32.1. The van der Waals surface area contributed by atoms with E-state index in [1.807, 2.05) is 0 Å². The third-order valence-corrected chi connectivity index (χ3v) is 3.27. The van der Waals surface area contributed by atoms with Crippen LogP contribution in [0.15, 0.2) is 5.38 Å². The number of hydrogen-bond donors (Lipinski definition) is 1. The summed E-state index contributed by atoms with van der Waals surface area (Å²) in [4.78, 5) is 4.60. The molecule has 1 heterocycles. The highest BCUT2D eigenvalue weighted by Crippen LogP contribution is 2.29. The Bertz CT molecular complexity index is 289. The predicted molar refractivity (Wildman–Crippen MR) is 64.2 cm³/mol. The van der Waals surface area contributed by atoms with Gasteiger partial charge in [0.05, 0.1) is 5.69 Å². The van der Waals surface area contributed by atoms with Gasteiger partial charge in [0.15, 0.2) is 5.13 Å². The van der Waals surface area contributed by atoms with Gasteiger partial charge in [0.2, 0.25) is 0 Å². The van der Waals surface area contributed by atoms with Crippen molar-refractivity contribution < 1.29 is 0 Å². The number of rotatable bonds is 4. The van der Waals surface area contributed by atoms with E-state index in [0.29, 0.717) is 6.04 Å². The molecule has 0 atom stereocenters. The largest absolute Gasteiger partial charge is 0.359 e. The van der Waals surface area contributed by atoms with Gasteiger partial charge in [-0.05, 0) is 20.3 Å². The molecular formula is C11H20N2S. The van der Waals surface area contributed by atoms with Gasteiger partial charge in [-0.15, -0.1) is 11.3 Å². The molecule has 3 heteroatoms. The fourth-order valence-electron chi connectivity index (χ4n) is 1.08. The molecule has 0 spiro atoms. The first-order valence-corrected chi connectivity index (χ1v) is 6.06. The lowest BCUT2D eigenvalue weighted by molar-refractivity contribution is 0.493. The number of aromatic nitrogens is 1. The molecule has 0 aliphatic heterocycles. The quantitative estimate of drug-likeness (QED) is 0.824. The van der Waals surface area contributed by atoms with E-state index in [-0.39, 0.29) is 5.41 Å². The zero-order chi connectivity index (χ0) is 10.8. The molecule has 0 fully saturated rings. The molecule has 0 bridgehead atoms. The maximum absolute atomic E-state index is 4.60. The molecule has 2 nitrogen and oxygen atoms in total. The molecule has 0 saturated heterocycles. The zero-order valence-electron chi connectivity index (χ0n) is 9.72. The Hall–Kier alpha value is -0.570. The van der Waals surface area contributed by atoms with Gasteiger partial charge in [0, 0.05) is 16.8 Å². The minimum absolute atomic E-state index is 0.202. The first kappa shape index (κ1) is 11.5. The SMILES string of the molecule is CCC(C)(C)c1csc(NC(C)C)n1. The average Bonchev–Trinajstić information content (AvgIpc) is 2.52. The highest BCUT2D eigenvalue weighted by molar-refractivity contribution is 7.13. The third kappa shape index (κ3) is 2.71. The predicted octanol–water partition coefficient (Wildman–Crippen LogP) is 3.65. The monoisotopic (exact) mass is 212 g/mol. The van der Waals surface area contributed by atoms with Crippen molar-refractivity contribution in [3.8, 4) is 0 Å². The van der Waals surface area contributed by atoms with Gasteiger partial charge in [-0.2, -0.15) is 0 Å². The zero-order valence-corrected chi connectivity index (χ0v) is 10.5. The fourth-order valence-corrected chi connectivity index (χ4v) is 2.13. The molecule has 0 radical (unpaired) electrons. The standard InChI is InChI=1S/C11H20N2S/c1-6-11(4,5)9-7-14-10(13-9)12-8(2)3/h7-8H,6H2,1-5H3,(H,12,13). The van der Waals surface area contributed by atoms with Crippen LogP contribution in [0, 0.1) is 0 Å². The van der Waals surface area contributed by atoms with Gasteiger partial charge in [0.25, 0.3) is 0 Å². The highest BCUT2D eigenvalue weighted by Gasteiger charge is 2.21. The molecule has 14 heavy (non-hydrogen) atoms. The molecule has 0 aromatic carbocycles. The normalized spacial score (nSPS) is 12.1. The van der Waals surface area contributed by atoms with E-state index in [1.54, 1.807) is 11.3 Å². The summed E-state index contributed by atoms with van der Waals surface area (Å²) in [6, 6.07) is 0.457. The van der Waals surface area contributed by atoms with Crippen molar-refractivity contribution in [1.82, 2.24) is 4.98 Å². The number of anilines is 1. The van der Waals surface area contributed by atoms with Crippen LogP contribution < -0.4 is 5.32 Å². The molecule has 1 N–H and O–H groups in total. The minimum atomic E-state index is 0.202. The Morgan fingerprint density at radius 1 is 1.50 bits per heavy atom. The molecule has 0 aliphatic carbocycles. The molecule has 1 aromatic rings. The van der Waals surface area contributed by atoms with Crippen LogP contribution in [-0.2, 0) is 5.41 Å². The van der Waals surface area contributed by atoms with E-state index in [9.17, 15) is 0 Å². The smallest absolute Gasteiger partial charge is 0.183 e. The second-order valence-electron chi connectivity index (χ2n) is 4.57. The topological polar surface area (TPSA) is 24.9 Å². The van der Waals surface area contributed by atoms with Crippen LogP contribution in [0.5, 0.6) is 0 Å². The van der Waals surface area contributed by atoms with E-state index in [2.05, 4.69) is 50.3 Å². The van der Waals surface area contributed by atoms with Gasteiger partial charge in [-0.1, -0.05) is 20.8 Å². The maximum Gasteiger partial charge on any atom is 0.183 e. The lowest BCUT2D eigenvalue weighted by atomic mass is 9.87. The van der Waals surface area contributed by atoms with Crippen molar-refractivity contribution in [1.29, 1.82) is 0 Å². The first-order valence-electron chi connectivity index (χ1n) is 5.18. The molecule has 0 aliphatic rings. The Labute approximate surface area is 90.8 Å². The number of nitrogens with one attached hydrogen (secondary N) is 1. The lowest BCUT2D eigenvalue weighted by Crippen LogP contribution is -2.16. The summed E-state index contributed by atoms with van der Waals surface area (Å²) in [5, 5.41) is 6.53. The van der Waals surface area contributed by atoms with Crippen LogP contribution in [0.4, 0.5) is 5.13 Å². The number of thiazole rings is 1. The number of hydrogen-bond acceptors (Lipinski definition) is 3. The van der Waals surface area contributed by atoms with Crippen LogP contribution in [0.2, 0.25) is 0 Å². The first-order chi connectivity index (χ1) is 6.45. The summed E-state index contributed by atoms with van der Waals surface area (Å²) < 4.78 is 0. The summed E-state index contributed by atoms with van der Waals surface area (Å²) in [6.45, 7) is 10.9. The Kier molecular flexibility index (Phi) is 3.53. The van der Waals surface area contributed by atoms with Crippen LogP contribution >= 0.6 is 11.3 Å². The molecular weight excluding hydrogens is 192 g/mol. The van der Waals surface area contributed by atoms with E-state index >= 15 is 0 Å². The van der Waals surface area contributed by atoms with Crippen LogP contribution in [0.3, 0.4) is 0 Å². The second-order valence-corrected chi connectivity index (χ2v) is 5.43. The van der Waals surface area contributed by atoms with Crippen molar-refractivity contribution >= 4 is 16.5 Å². The van der Waals surface area contributed by atoms with E-state index in [0.717, 1.165) is 11.6 Å². The van der Waals surface area contributed by atoms with E-state index in [1.165, 1.54) is 5.69 Å². The Morgan fingerprint density at radius 3 is 2.64 bits per heavy atom. The Balaban J connectivity index is 2.77. The molecule has 0 unspecified atom stereocenters. The molecule has 80 valence electrons. The molecule has 0 saturated carbocycles. The maximum atomic E-state index is 4.60. The van der Waals surface area contributed by atoms with Gasteiger partial charge in [0.1, 0.15) is 0 Å². The fraction of sp³-hybridized carbons (Fsp3) is 0.727. The van der Waals surface area contributed by atoms with E-state index < -0.39 is 0 Å². The summed E-state index contributed by atoms with van der Waals surface area (Å²) in [5.41, 5.74) is 1.40. The summed E-state index contributed by atoms with van der Waals surface area (Å²) in [5.74, 6) is 0. The summed E-state index contributed by atoms with van der Waals surface area (Å²) in [7, 11) is 0. The second kappa shape index (κ2) is 4.30. The minimum Gasteiger partial charge on any atom is -0.359 e. The van der Waals surface area contributed by atoms with Crippen molar-refractivity contribution in [2.75, 3.05) is 5.32 Å². The average molecular weight is 212 g/mol. The molecule has 1 rings (SSSR count). The van der Waals surface area contributed by atoms with E-state index in [4.69, 9.17) is 0 Å². The van der Waals surface area contributed by atoms with Crippen LogP contribution in [-0.4, -0.2) is 11.0 Å². The van der Waals surface area contributed by atoms with Crippen molar-refractivity contribution in [3.05, 3.63) is 11.1 Å². The van der Waals surface area contributed by atoms with Crippen molar-refractivity contribution in [2.24, 2.45) is 0 Å². The van der Waals surface area contributed by atoms with Crippen molar-refractivity contribution in [2.45, 2.75) is 52.5 Å². The Morgan fingerprint density at radius 2 is 2.14 bits per heavy atom. The molecule has 0 amide bonds. The van der Waals surface area contributed by atoms with Crippen LogP contribution in [0.1, 0.15) is 46.7 Å². The van der Waals surface area contributed by atoms with Gasteiger partial charge in [-0.25, -0.2) is 4.98 Å². The van der Waals surface area contributed by atoms with Crippen molar-refractivity contribution in [3.63, 3.8) is 0 Å². The van der Waals surface area contributed by atoms with Gasteiger partial charge < -0.3 is 5.32 Å². The van der Waals surface area contributed by atoms with Gasteiger partial charge >= 0.3 is 0 Å². The van der Waals surface area contributed by atoms with Crippen LogP contribution in [0.25, 0.3) is 0 Å². The lowest BCUT2D eigenvalue weighted by Gasteiger charge is -2.19. The van der Waals surface area contributed by atoms with Gasteiger partial charge in [-0.3, -0.25) is 0 Å². The third-order valence-electron chi connectivity index (χ3n) is 2.49. The number of nitrogens with zero attached hydrogens (tertiary/aromatic N) is 1. The summed E-state index contributed by atoms with van der Waals surface area (Å²) in [6.07, 6.45) is 1.12.